The quantitative estimate of drug-likeness (QED) is 0.521. The van der Waals surface area contributed by atoms with E-state index < -0.39 is 0 Å². The topological polar surface area (TPSA) is 50.8 Å². The molecule has 5 nitrogen and oxygen atoms in total. The number of nitrogens with one attached hydrogen (secondary N) is 1. The molecule has 6 heteroatoms. The van der Waals surface area contributed by atoms with E-state index in [0.29, 0.717) is 25.4 Å². The lowest BCUT2D eigenvalue weighted by Crippen LogP contribution is -2.39. The Bertz CT molecular complexity index is 1040. The molecule has 0 aliphatic carbocycles. The first-order valence-corrected chi connectivity index (χ1v) is 11.9. The van der Waals surface area contributed by atoms with Crippen molar-refractivity contribution in [2.45, 2.75) is 26.8 Å². The highest BCUT2D eigenvalue weighted by atomic mass is 32.1. The van der Waals surface area contributed by atoms with Gasteiger partial charge in [0.25, 0.3) is 5.91 Å². The number of nitrogens with zero attached hydrogens (tertiary/aromatic N) is 1. The Balaban J connectivity index is 1.74. The van der Waals surface area contributed by atoms with E-state index in [4.69, 9.17) is 9.47 Å². The summed E-state index contributed by atoms with van der Waals surface area (Å²) in [5.41, 5.74) is 4.24. The third-order valence-corrected chi connectivity index (χ3v) is 7.02. The van der Waals surface area contributed by atoms with Crippen LogP contribution < -0.4 is 10.1 Å². The highest BCUT2D eigenvalue weighted by molar-refractivity contribution is 7.16. The van der Waals surface area contributed by atoms with Gasteiger partial charge in [-0.3, -0.25) is 9.69 Å². The van der Waals surface area contributed by atoms with Crippen LogP contribution in [0.1, 0.15) is 44.9 Å². The van der Waals surface area contributed by atoms with E-state index in [2.05, 4.69) is 36.2 Å². The van der Waals surface area contributed by atoms with Crippen molar-refractivity contribution in [2.24, 2.45) is 0 Å². The summed E-state index contributed by atoms with van der Waals surface area (Å²) in [5.74, 6) is 0.785. The predicted molar refractivity (Wildman–Crippen MR) is 130 cm³/mol. The smallest absolute Gasteiger partial charge is 0.256 e. The molecule has 0 spiro atoms. The van der Waals surface area contributed by atoms with E-state index in [0.717, 1.165) is 23.8 Å². The van der Waals surface area contributed by atoms with Crippen LogP contribution >= 0.6 is 11.3 Å². The van der Waals surface area contributed by atoms with Gasteiger partial charge in [-0.1, -0.05) is 30.3 Å². The molecule has 2 heterocycles. The minimum atomic E-state index is -0.0829. The van der Waals surface area contributed by atoms with Gasteiger partial charge in [-0.05, 0) is 56.2 Å². The van der Waals surface area contributed by atoms with Crippen molar-refractivity contribution >= 4 is 22.2 Å². The van der Waals surface area contributed by atoms with Crippen LogP contribution in [0, 0.1) is 13.8 Å². The number of ether oxygens (including phenoxy) is 2. The van der Waals surface area contributed by atoms with Crippen molar-refractivity contribution in [3.8, 4) is 5.75 Å². The summed E-state index contributed by atoms with van der Waals surface area (Å²) in [7, 11) is 0. The largest absolute Gasteiger partial charge is 0.494 e. The number of carbonyl (C=O) groups excluding carboxylic acids is 1. The van der Waals surface area contributed by atoms with E-state index >= 15 is 0 Å². The maximum atomic E-state index is 13.0. The van der Waals surface area contributed by atoms with Crippen LogP contribution in [0.4, 0.5) is 5.00 Å². The average Bonchev–Trinajstić information content (AvgIpc) is 3.09. The zero-order chi connectivity index (χ0) is 22.5. The van der Waals surface area contributed by atoms with Crippen molar-refractivity contribution < 1.29 is 14.3 Å². The van der Waals surface area contributed by atoms with Crippen molar-refractivity contribution in [3.05, 3.63) is 81.7 Å². The van der Waals surface area contributed by atoms with Gasteiger partial charge in [0.2, 0.25) is 0 Å². The van der Waals surface area contributed by atoms with Gasteiger partial charge < -0.3 is 14.8 Å². The molecule has 1 N–H and O–H groups in total. The fraction of sp³-hybridized carbons (Fsp3) is 0.346. The lowest BCUT2D eigenvalue weighted by atomic mass is 9.94. The van der Waals surface area contributed by atoms with Crippen LogP contribution in [0.2, 0.25) is 0 Å². The molecule has 1 aliphatic heterocycles. The van der Waals surface area contributed by atoms with E-state index in [1.165, 1.54) is 21.6 Å². The number of thiophene rings is 1. The first-order valence-electron chi connectivity index (χ1n) is 11.1. The lowest BCUT2D eigenvalue weighted by molar-refractivity contribution is 0.0240. The van der Waals surface area contributed by atoms with Crippen molar-refractivity contribution in [1.82, 2.24) is 4.90 Å². The van der Waals surface area contributed by atoms with Gasteiger partial charge in [0.1, 0.15) is 10.8 Å². The summed E-state index contributed by atoms with van der Waals surface area (Å²) in [6, 6.07) is 17.7. The minimum Gasteiger partial charge on any atom is -0.494 e. The van der Waals surface area contributed by atoms with Gasteiger partial charge in [0.15, 0.2) is 0 Å². The fourth-order valence-corrected chi connectivity index (χ4v) is 5.23. The molecule has 1 saturated heterocycles. The van der Waals surface area contributed by atoms with Gasteiger partial charge in [0, 0.05) is 29.1 Å². The van der Waals surface area contributed by atoms with Gasteiger partial charge in [-0.2, -0.15) is 0 Å². The van der Waals surface area contributed by atoms with E-state index in [-0.39, 0.29) is 11.9 Å². The number of hydrogen-bond donors (Lipinski definition) is 1. The maximum absolute atomic E-state index is 13.0. The standard InChI is InChI=1S/C26H30N2O3S/c1-4-31-22-12-10-20(11-13-22)24(28-14-16-30-17-15-28)23-18(2)19(3)32-26(23)27-25(29)21-8-6-5-7-9-21/h5-13,24H,4,14-17H2,1-3H3,(H,27,29)/t24-/m0/s1. The summed E-state index contributed by atoms with van der Waals surface area (Å²) < 4.78 is 11.3. The van der Waals surface area contributed by atoms with Gasteiger partial charge >= 0.3 is 0 Å². The Morgan fingerprint density at radius 2 is 1.78 bits per heavy atom. The molecular formula is C26H30N2O3S. The molecule has 0 bridgehead atoms. The lowest BCUT2D eigenvalue weighted by Gasteiger charge is -2.35. The van der Waals surface area contributed by atoms with Crippen molar-refractivity contribution in [1.29, 1.82) is 0 Å². The summed E-state index contributed by atoms with van der Waals surface area (Å²) in [6.07, 6.45) is 0. The monoisotopic (exact) mass is 450 g/mol. The molecule has 0 unspecified atom stereocenters. The first-order chi connectivity index (χ1) is 15.6. The zero-order valence-corrected chi connectivity index (χ0v) is 19.7. The Morgan fingerprint density at radius 3 is 2.44 bits per heavy atom. The van der Waals surface area contributed by atoms with Crippen molar-refractivity contribution in [2.75, 3.05) is 38.2 Å². The summed E-state index contributed by atoms with van der Waals surface area (Å²) >= 11 is 1.65. The Morgan fingerprint density at radius 1 is 1.09 bits per heavy atom. The molecule has 4 rings (SSSR count). The van der Waals surface area contributed by atoms with Gasteiger partial charge in [-0.25, -0.2) is 0 Å². The molecule has 0 saturated carbocycles. The molecule has 32 heavy (non-hydrogen) atoms. The highest BCUT2D eigenvalue weighted by Gasteiger charge is 2.30. The average molecular weight is 451 g/mol. The van der Waals surface area contributed by atoms with Crippen LogP contribution in [-0.2, 0) is 4.74 Å². The van der Waals surface area contributed by atoms with Gasteiger partial charge in [-0.15, -0.1) is 11.3 Å². The number of hydrogen-bond acceptors (Lipinski definition) is 5. The number of rotatable bonds is 7. The molecule has 1 aromatic heterocycles. The van der Waals surface area contributed by atoms with E-state index in [9.17, 15) is 4.79 Å². The summed E-state index contributed by atoms with van der Waals surface area (Å²) in [5, 5.41) is 4.12. The number of carbonyl (C=O) groups is 1. The number of anilines is 1. The van der Waals surface area contributed by atoms with Crippen molar-refractivity contribution in [3.63, 3.8) is 0 Å². The molecule has 1 amide bonds. The van der Waals surface area contributed by atoms with E-state index in [1.54, 1.807) is 11.3 Å². The maximum Gasteiger partial charge on any atom is 0.256 e. The predicted octanol–water partition coefficient (Wildman–Crippen LogP) is 5.44. The zero-order valence-electron chi connectivity index (χ0n) is 18.9. The third kappa shape index (κ3) is 4.88. The number of amides is 1. The summed E-state index contributed by atoms with van der Waals surface area (Å²) in [6.45, 7) is 10.0. The number of morpholine rings is 1. The summed E-state index contributed by atoms with van der Waals surface area (Å²) in [4.78, 5) is 16.6. The highest BCUT2D eigenvalue weighted by Crippen LogP contribution is 2.42. The van der Waals surface area contributed by atoms with Crippen LogP contribution in [0.5, 0.6) is 5.75 Å². The first kappa shape index (κ1) is 22.5. The third-order valence-electron chi connectivity index (χ3n) is 5.89. The second-order valence-corrected chi connectivity index (χ2v) is 9.12. The second-order valence-electron chi connectivity index (χ2n) is 7.90. The van der Waals surface area contributed by atoms with Gasteiger partial charge in [0.05, 0.1) is 25.9 Å². The van der Waals surface area contributed by atoms with E-state index in [1.807, 2.05) is 49.4 Å². The normalized spacial score (nSPS) is 15.3. The number of benzene rings is 2. The van der Waals surface area contributed by atoms with Crippen LogP contribution in [0.3, 0.4) is 0 Å². The number of aryl methyl sites for hydroxylation is 1. The fourth-order valence-electron chi connectivity index (χ4n) is 4.14. The Labute approximate surface area is 194 Å². The SMILES string of the molecule is CCOc1ccc([C@@H](c2c(NC(=O)c3ccccc3)sc(C)c2C)N2CCOCC2)cc1. The van der Waals surface area contributed by atoms with Crippen LogP contribution in [0.15, 0.2) is 54.6 Å². The second kappa shape index (κ2) is 10.3. The Kier molecular flexibility index (Phi) is 7.25. The Hall–Kier alpha value is -2.67. The molecule has 168 valence electrons. The molecule has 1 fully saturated rings. The van der Waals surface area contributed by atoms with Crippen LogP contribution in [-0.4, -0.2) is 43.7 Å². The molecule has 2 aromatic carbocycles. The molecule has 1 aliphatic rings. The molecular weight excluding hydrogens is 420 g/mol. The minimum absolute atomic E-state index is 0.0330. The molecule has 3 aromatic rings. The molecule has 0 radical (unpaired) electrons. The molecule has 1 atom stereocenters. The van der Waals surface area contributed by atoms with Crippen LogP contribution in [0.25, 0.3) is 0 Å².